The summed E-state index contributed by atoms with van der Waals surface area (Å²) in [5.74, 6) is -1.12. The summed E-state index contributed by atoms with van der Waals surface area (Å²) in [6.07, 6.45) is 0. The highest BCUT2D eigenvalue weighted by Crippen LogP contribution is 2.36. The van der Waals surface area contributed by atoms with E-state index in [1.54, 1.807) is 13.0 Å². The van der Waals surface area contributed by atoms with Gasteiger partial charge in [-0.05, 0) is 29.7 Å². The number of benzene rings is 3. The quantitative estimate of drug-likeness (QED) is 0.467. The first-order chi connectivity index (χ1) is 16.2. The van der Waals surface area contributed by atoms with Gasteiger partial charge in [0.05, 0.1) is 18.1 Å². The molecule has 0 saturated carbocycles. The second-order valence-corrected chi connectivity index (χ2v) is 8.29. The molecule has 3 aromatic rings. The van der Waals surface area contributed by atoms with Crippen molar-refractivity contribution >= 4 is 11.9 Å². The fourth-order valence-corrected chi connectivity index (χ4v) is 4.46. The molecule has 5 heteroatoms. The first kappa shape index (κ1) is 22.7. The minimum Gasteiger partial charge on any atom is -0.462 e. The highest BCUT2D eigenvalue weighted by atomic mass is 16.5. The highest BCUT2D eigenvalue weighted by molar-refractivity contribution is 5.91. The maximum atomic E-state index is 13.2. The molecule has 170 valence electrons. The van der Waals surface area contributed by atoms with Crippen molar-refractivity contribution < 1.29 is 19.1 Å². The molecule has 0 bridgehead atoms. The van der Waals surface area contributed by atoms with Crippen molar-refractivity contribution in [2.75, 3.05) is 19.7 Å². The van der Waals surface area contributed by atoms with Crippen molar-refractivity contribution in [3.8, 4) is 0 Å². The van der Waals surface area contributed by atoms with Crippen LogP contribution in [-0.4, -0.2) is 36.5 Å². The van der Waals surface area contributed by atoms with Crippen molar-refractivity contribution in [3.63, 3.8) is 0 Å². The number of hydrogen-bond donors (Lipinski definition) is 0. The molecule has 0 amide bonds. The Morgan fingerprint density at radius 2 is 1.45 bits per heavy atom. The monoisotopic (exact) mass is 443 g/mol. The Morgan fingerprint density at radius 1 is 0.818 bits per heavy atom. The van der Waals surface area contributed by atoms with Gasteiger partial charge < -0.3 is 9.47 Å². The van der Waals surface area contributed by atoms with E-state index >= 15 is 0 Å². The maximum absolute atomic E-state index is 13.2. The van der Waals surface area contributed by atoms with Gasteiger partial charge in [0.1, 0.15) is 6.61 Å². The van der Waals surface area contributed by atoms with Crippen molar-refractivity contribution in [1.29, 1.82) is 0 Å². The number of nitrogens with zero attached hydrogens (tertiary/aromatic N) is 1. The summed E-state index contributed by atoms with van der Waals surface area (Å²) in [4.78, 5) is 28.1. The molecule has 1 aliphatic rings. The molecular formula is C28H29NO4. The summed E-state index contributed by atoms with van der Waals surface area (Å²) in [6.45, 7) is 4.31. The Hall–Kier alpha value is -3.44. The lowest BCUT2D eigenvalue weighted by atomic mass is 9.86. The molecule has 4 rings (SSSR count). The molecule has 5 nitrogen and oxygen atoms in total. The van der Waals surface area contributed by atoms with E-state index in [0.29, 0.717) is 25.3 Å². The normalized spacial score (nSPS) is 18.1. The molecule has 1 fully saturated rings. The lowest BCUT2D eigenvalue weighted by molar-refractivity contribution is -0.149. The second kappa shape index (κ2) is 10.9. The Kier molecular flexibility index (Phi) is 7.53. The van der Waals surface area contributed by atoms with E-state index in [2.05, 4.69) is 17.0 Å². The molecule has 0 radical (unpaired) electrons. The molecule has 0 aromatic heterocycles. The first-order valence-corrected chi connectivity index (χ1v) is 11.4. The van der Waals surface area contributed by atoms with Crippen molar-refractivity contribution in [2.45, 2.75) is 26.0 Å². The molecule has 3 aromatic carbocycles. The Bertz CT molecular complexity index is 1070. The average Bonchev–Trinajstić information content (AvgIpc) is 3.27. The smallest absolute Gasteiger partial charge is 0.338 e. The van der Waals surface area contributed by atoms with Crippen LogP contribution in [0.5, 0.6) is 0 Å². The van der Waals surface area contributed by atoms with Gasteiger partial charge in [-0.1, -0.05) is 78.9 Å². The highest BCUT2D eigenvalue weighted by Gasteiger charge is 2.41. The summed E-state index contributed by atoms with van der Waals surface area (Å²) in [7, 11) is 0. The van der Waals surface area contributed by atoms with Crippen LogP contribution < -0.4 is 0 Å². The van der Waals surface area contributed by atoms with Gasteiger partial charge in [-0.2, -0.15) is 0 Å². The van der Waals surface area contributed by atoms with Gasteiger partial charge in [-0.15, -0.1) is 0 Å². The van der Waals surface area contributed by atoms with E-state index in [9.17, 15) is 9.59 Å². The van der Waals surface area contributed by atoms with Gasteiger partial charge in [0.25, 0.3) is 0 Å². The van der Waals surface area contributed by atoms with Crippen molar-refractivity contribution in [1.82, 2.24) is 4.90 Å². The predicted octanol–water partition coefficient (Wildman–Crippen LogP) is 4.82. The zero-order valence-electron chi connectivity index (χ0n) is 18.9. The van der Waals surface area contributed by atoms with E-state index < -0.39 is 0 Å². The van der Waals surface area contributed by atoms with Crippen molar-refractivity contribution in [3.05, 3.63) is 107 Å². The van der Waals surface area contributed by atoms with Crippen LogP contribution in [0.25, 0.3) is 0 Å². The third-order valence-electron chi connectivity index (χ3n) is 6.03. The van der Waals surface area contributed by atoms with Crippen molar-refractivity contribution in [2.24, 2.45) is 5.92 Å². The largest absolute Gasteiger partial charge is 0.462 e. The van der Waals surface area contributed by atoms with Gasteiger partial charge in [0, 0.05) is 25.6 Å². The molecule has 0 unspecified atom stereocenters. The standard InChI is InChI=1S/C28H29NO4/c1-2-32-27(30)24-16-10-9-15-23(24)25-18-29(17-21-11-5-3-6-12-21)19-26(25)28(31)33-20-22-13-7-4-8-14-22/h3-16,25-26H,2,17-20H2,1H3/t25-,26+/m0/s1. The molecule has 2 atom stereocenters. The molecule has 0 aliphatic carbocycles. The van der Waals surface area contributed by atoms with Gasteiger partial charge in [-0.25, -0.2) is 4.79 Å². The van der Waals surface area contributed by atoms with Crippen LogP contribution >= 0.6 is 0 Å². The van der Waals surface area contributed by atoms with Crippen LogP contribution in [0.4, 0.5) is 0 Å². The number of rotatable bonds is 8. The Morgan fingerprint density at radius 3 is 2.15 bits per heavy atom. The summed E-state index contributed by atoms with van der Waals surface area (Å²) >= 11 is 0. The summed E-state index contributed by atoms with van der Waals surface area (Å²) < 4.78 is 11.0. The minimum atomic E-state index is -0.368. The van der Waals surface area contributed by atoms with Crippen LogP contribution in [0, 0.1) is 5.92 Å². The SMILES string of the molecule is CCOC(=O)c1ccccc1[C@@H]1CN(Cc2ccccc2)C[C@H]1C(=O)OCc1ccccc1. The average molecular weight is 444 g/mol. The minimum absolute atomic E-state index is 0.155. The third kappa shape index (κ3) is 5.68. The van der Waals surface area contributed by atoms with Gasteiger partial charge >= 0.3 is 11.9 Å². The van der Waals surface area contributed by atoms with E-state index in [1.165, 1.54) is 5.56 Å². The number of carbonyl (C=O) groups excluding carboxylic acids is 2. The fourth-order valence-electron chi connectivity index (χ4n) is 4.46. The maximum Gasteiger partial charge on any atom is 0.338 e. The molecule has 0 N–H and O–H groups in total. The Labute approximate surface area is 194 Å². The Balaban J connectivity index is 1.57. The van der Waals surface area contributed by atoms with E-state index in [-0.39, 0.29) is 30.4 Å². The summed E-state index contributed by atoms with van der Waals surface area (Å²) in [6, 6.07) is 27.3. The summed E-state index contributed by atoms with van der Waals surface area (Å²) in [5.41, 5.74) is 3.50. The topological polar surface area (TPSA) is 55.8 Å². The van der Waals surface area contributed by atoms with E-state index in [1.807, 2.05) is 66.7 Å². The number of ether oxygens (including phenoxy) is 2. The third-order valence-corrected chi connectivity index (χ3v) is 6.03. The number of likely N-dealkylation sites (tertiary alicyclic amines) is 1. The molecule has 33 heavy (non-hydrogen) atoms. The zero-order valence-corrected chi connectivity index (χ0v) is 18.9. The second-order valence-electron chi connectivity index (χ2n) is 8.29. The molecule has 1 heterocycles. The fraction of sp³-hybridized carbons (Fsp3) is 0.286. The van der Waals surface area contributed by atoms with Crippen LogP contribution in [0.2, 0.25) is 0 Å². The molecule has 0 spiro atoms. The number of carbonyl (C=O) groups is 2. The van der Waals surface area contributed by atoms with Crippen LogP contribution in [0.1, 0.15) is 39.9 Å². The van der Waals surface area contributed by atoms with E-state index in [0.717, 1.165) is 17.7 Å². The lowest BCUT2D eigenvalue weighted by Crippen LogP contribution is -2.26. The molecule has 1 aliphatic heterocycles. The molecule has 1 saturated heterocycles. The summed E-state index contributed by atoms with van der Waals surface area (Å²) in [5, 5.41) is 0. The first-order valence-electron chi connectivity index (χ1n) is 11.4. The van der Waals surface area contributed by atoms with Gasteiger partial charge in [-0.3, -0.25) is 9.69 Å². The molecular weight excluding hydrogens is 414 g/mol. The van der Waals surface area contributed by atoms with Crippen LogP contribution in [0.3, 0.4) is 0 Å². The zero-order chi connectivity index (χ0) is 23.0. The number of hydrogen-bond acceptors (Lipinski definition) is 5. The predicted molar refractivity (Wildman–Crippen MR) is 127 cm³/mol. The van der Waals surface area contributed by atoms with Crippen LogP contribution in [0.15, 0.2) is 84.9 Å². The van der Waals surface area contributed by atoms with E-state index in [4.69, 9.17) is 9.47 Å². The lowest BCUT2D eigenvalue weighted by Gasteiger charge is -2.20. The van der Waals surface area contributed by atoms with Gasteiger partial charge in [0.15, 0.2) is 0 Å². The van der Waals surface area contributed by atoms with Gasteiger partial charge in [0.2, 0.25) is 0 Å². The number of esters is 2. The van der Waals surface area contributed by atoms with Crippen LogP contribution in [-0.2, 0) is 27.4 Å².